The van der Waals surface area contributed by atoms with Gasteiger partial charge in [0.25, 0.3) is 0 Å². The number of hydrogen-bond donors (Lipinski definition) is 0. The molecule has 0 aromatic carbocycles. The predicted octanol–water partition coefficient (Wildman–Crippen LogP) is 0.974. The molecule has 0 spiro atoms. The number of nitrogens with zero attached hydrogens (tertiary/aromatic N) is 2. The molecule has 0 bridgehead atoms. The zero-order valence-corrected chi connectivity index (χ0v) is 10.5. The molecule has 0 aromatic heterocycles. The fraction of sp³-hybridized carbons (Fsp3) is 0.667. The Balaban J connectivity index is 3.40. The van der Waals surface area contributed by atoms with Gasteiger partial charge in [-0.05, 0) is 0 Å². The standard InChI is InChI=1S/C6H8N2Te2/c1-5(3-7)9-10-6(2)4-8/h5-6H,1-2H3. The van der Waals surface area contributed by atoms with Crippen molar-refractivity contribution in [1.29, 1.82) is 10.5 Å². The average Bonchev–Trinajstić information content (AvgIpc) is 1.99. The molecule has 4 heteroatoms. The molecule has 2 atom stereocenters. The van der Waals surface area contributed by atoms with Gasteiger partial charge in [0.05, 0.1) is 0 Å². The summed E-state index contributed by atoms with van der Waals surface area (Å²) in [5.41, 5.74) is 0. The molecule has 0 aliphatic carbocycles. The summed E-state index contributed by atoms with van der Waals surface area (Å²) >= 11 is -0.206. The Morgan fingerprint density at radius 2 is 1.30 bits per heavy atom. The fourth-order valence-electron chi connectivity index (χ4n) is 0.210. The van der Waals surface area contributed by atoms with E-state index in [-0.39, 0.29) is 42.0 Å². The normalized spacial score (nSPS) is 14.8. The van der Waals surface area contributed by atoms with Crippen molar-refractivity contribution < 1.29 is 0 Å². The maximum absolute atomic E-state index is 8.44. The molecule has 0 N–H and O–H groups in total. The monoisotopic (exact) mass is 368 g/mol. The van der Waals surface area contributed by atoms with Gasteiger partial charge in [-0.1, -0.05) is 0 Å². The molecule has 0 radical (unpaired) electrons. The molecule has 0 heterocycles. The van der Waals surface area contributed by atoms with E-state index >= 15 is 0 Å². The van der Waals surface area contributed by atoms with Crippen LogP contribution in [0.1, 0.15) is 13.8 Å². The summed E-state index contributed by atoms with van der Waals surface area (Å²) in [6.45, 7) is 3.94. The Hall–Kier alpha value is 0.559. The van der Waals surface area contributed by atoms with E-state index < -0.39 is 0 Å². The van der Waals surface area contributed by atoms with E-state index in [1.165, 1.54) is 0 Å². The van der Waals surface area contributed by atoms with Crippen LogP contribution in [0.5, 0.6) is 0 Å². The van der Waals surface area contributed by atoms with Gasteiger partial charge in [-0.3, -0.25) is 0 Å². The first-order valence-electron chi connectivity index (χ1n) is 2.82. The molecule has 0 saturated carbocycles. The van der Waals surface area contributed by atoms with Gasteiger partial charge in [0, 0.05) is 0 Å². The zero-order chi connectivity index (χ0) is 7.98. The first-order valence-corrected chi connectivity index (χ1v) is 12.8. The second-order valence-electron chi connectivity index (χ2n) is 1.74. The molecule has 2 nitrogen and oxygen atoms in total. The maximum atomic E-state index is 8.44. The first kappa shape index (κ1) is 10.6. The third kappa shape index (κ3) is 5.35. The fourth-order valence-corrected chi connectivity index (χ4v) is 9.44. The van der Waals surface area contributed by atoms with Crippen LogP contribution in [0.3, 0.4) is 0 Å². The molecule has 0 aliphatic heterocycles. The van der Waals surface area contributed by atoms with E-state index in [2.05, 4.69) is 12.1 Å². The quantitative estimate of drug-likeness (QED) is 0.702. The van der Waals surface area contributed by atoms with Gasteiger partial charge in [-0.15, -0.1) is 0 Å². The van der Waals surface area contributed by atoms with Gasteiger partial charge >= 0.3 is 78.6 Å². The van der Waals surface area contributed by atoms with Gasteiger partial charge in [0.1, 0.15) is 0 Å². The van der Waals surface area contributed by atoms with E-state index in [0.29, 0.717) is 0 Å². The average molecular weight is 363 g/mol. The van der Waals surface area contributed by atoms with Gasteiger partial charge in [0.2, 0.25) is 0 Å². The van der Waals surface area contributed by atoms with Crippen LogP contribution in [0.4, 0.5) is 0 Å². The minimum atomic E-state index is -0.103. The minimum absolute atomic E-state index is 0.103. The SMILES string of the molecule is CC(C#N)[Te][Te]C(C)C#N. The van der Waals surface area contributed by atoms with Crippen LogP contribution in [0.2, 0.25) is 7.93 Å². The van der Waals surface area contributed by atoms with E-state index in [9.17, 15) is 0 Å². The third-order valence-corrected chi connectivity index (χ3v) is 16.5. The summed E-state index contributed by atoms with van der Waals surface area (Å²) in [5.74, 6) is 0. The summed E-state index contributed by atoms with van der Waals surface area (Å²) in [6.07, 6.45) is 0. The van der Waals surface area contributed by atoms with Crippen LogP contribution in [0, 0.1) is 22.7 Å². The van der Waals surface area contributed by atoms with Crippen LogP contribution < -0.4 is 0 Å². The molecule has 0 fully saturated rings. The molecule has 54 valence electrons. The van der Waals surface area contributed by atoms with Crippen molar-refractivity contribution >= 4 is 34.1 Å². The summed E-state index contributed by atoms with van der Waals surface area (Å²) < 4.78 is 0.562. The van der Waals surface area contributed by atoms with Gasteiger partial charge in [-0.2, -0.15) is 0 Å². The summed E-state index contributed by atoms with van der Waals surface area (Å²) in [4.78, 5) is 0. The van der Waals surface area contributed by atoms with Gasteiger partial charge < -0.3 is 0 Å². The van der Waals surface area contributed by atoms with Crippen molar-refractivity contribution in [2.45, 2.75) is 21.8 Å². The summed E-state index contributed by atoms with van der Waals surface area (Å²) in [6, 6.07) is 4.45. The van der Waals surface area contributed by atoms with Crippen LogP contribution in [0.25, 0.3) is 0 Å². The van der Waals surface area contributed by atoms with Crippen LogP contribution in [0.15, 0.2) is 0 Å². The van der Waals surface area contributed by atoms with Gasteiger partial charge in [0.15, 0.2) is 0 Å². The molecule has 0 aliphatic rings. The first-order chi connectivity index (χ1) is 4.70. The summed E-state index contributed by atoms with van der Waals surface area (Å²) in [7, 11) is 0. The van der Waals surface area contributed by atoms with E-state index in [1.54, 1.807) is 0 Å². The van der Waals surface area contributed by atoms with Crippen molar-refractivity contribution in [3.63, 3.8) is 0 Å². The molecular weight excluding hydrogens is 355 g/mol. The second kappa shape index (κ2) is 6.28. The van der Waals surface area contributed by atoms with E-state index in [4.69, 9.17) is 10.5 Å². The Morgan fingerprint density at radius 1 is 1.00 bits per heavy atom. The molecular formula is C6H8N2Te2. The number of rotatable bonds is 3. The Bertz CT molecular complexity index is 148. The van der Waals surface area contributed by atoms with Crippen molar-refractivity contribution in [1.82, 2.24) is 0 Å². The number of hydrogen-bond acceptors (Lipinski definition) is 2. The molecule has 10 heavy (non-hydrogen) atoms. The Labute approximate surface area is 77.9 Å². The van der Waals surface area contributed by atoms with Crippen molar-refractivity contribution in [2.75, 3.05) is 0 Å². The second-order valence-corrected chi connectivity index (χ2v) is 14.2. The van der Waals surface area contributed by atoms with Gasteiger partial charge in [-0.25, -0.2) is 0 Å². The Kier molecular flexibility index (Phi) is 6.63. The molecule has 0 saturated heterocycles. The molecule has 0 amide bonds. The van der Waals surface area contributed by atoms with Crippen molar-refractivity contribution in [2.24, 2.45) is 0 Å². The topological polar surface area (TPSA) is 47.6 Å². The van der Waals surface area contributed by atoms with Crippen molar-refractivity contribution in [3.05, 3.63) is 0 Å². The number of nitriles is 2. The van der Waals surface area contributed by atoms with Crippen LogP contribution >= 0.6 is 0 Å². The van der Waals surface area contributed by atoms with E-state index in [1.807, 2.05) is 13.8 Å². The third-order valence-electron chi connectivity index (χ3n) is 0.708. The molecule has 2 unspecified atom stereocenters. The summed E-state index contributed by atoms with van der Waals surface area (Å²) in [5, 5.41) is 16.9. The predicted molar refractivity (Wildman–Crippen MR) is 41.6 cm³/mol. The van der Waals surface area contributed by atoms with E-state index in [0.717, 1.165) is 0 Å². The zero-order valence-electron chi connectivity index (χ0n) is 5.87. The Morgan fingerprint density at radius 3 is 1.50 bits per heavy atom. The molecule has 0 aromatic rings. The molecule has 0 rings (SSSR count). The van der Waals surface area contributed by atoms with Crippen LogP contribution in [-0.2, 0) is 0 Å². The van der Waals surface area contributed by atoms with Crippen molar-refractivity contribution in [3.8, 4) is 12.1 Å². The van der Waals surface area contributed by atoms with Crippen LogP contribution in [-0.4, -0.2) is 34.1 Å².